The van der Waals surface area contributed by atoms with Gasteiger partial charge in [-0.05, 0) is 12.1 Å². The number of carbonyl (C=O) groups is 1. The molecule has 0 saturated carbocycles. The molecule has 4 rings (SSSR count). The Hall–Kier alpha value is -3.41. The molecule has 0 aliphatic rings. The molecule has 0 saturated heterocycles. The Morgan fingerprint density at radius 3 is 2.78 bits per heavy atom. The summed E-state index contributed by atoms with van der Waals surface area (Å²) in [6, 6.07) is 15.7. The maximum absolute atomic E-state index is 12.0. The van der Waals surface area contributed by atoms with Gasteiger partial charge in [0.25, 0.3) is 0 Å². The molecular formula is C21H20N4O2. The van der Waals surface area contributed by atoms with Gasteiger partial charge in [-0.3, -0.25) is 4.79 Å². The minimum absolute atomic E-state index is 0.0155. The fourth-order valence-electron chi connectivity index (χ4n) is 2.91. The number of aromatic nitrogens is 3. The Bertz CT molecular complexity index is 1000. The first-order chi connectivity index (χ1) is 13.3. The molecule has 3 heterocycles. The van der Waals surface area contributed by atoms with E-state index in [9.17, 15) is 4.79 Å². The number of imidazole rings is 1. The number of oxazole rings is 1. The molecule has 0 unspecified atom stereocenters. The Morgan fingerprint density at radius 2 is 1.93 bits per heavy atom. The first-order valence-electron chi connectivity index (χ1n) is 8.97. The normalized spacial score (nSPS) is 11.0. The third-order valence-corrected chi connectivity index (χ3v) is 4.29. The molecule has 0 radical (unpaired) electrons. The Kier molecular flexibility index (Phi) is 4.96. The molecule has 1 aromatic carbocycles. The second-order valence-electron chi connectivity index (χ2n) is 6.28. The van der Waals surface area contributed by atoms with Gasteiger partial charge in [-0.15, -0.1) is 0 Å². The van der Waals surface area contributed by atoms with E-state index in [0.29, 0.717) is 31.7 Å². The van der Waals surface area contributed by atoms with Crippen molar-refractivity contribution in [3.63, 3.8) is 0 Å². The van der Waals surface area contributed by atoms with Crippen LogP contribution in [-0.4, -0.2) is 26.8 Å². The van der Waals surface area contributed by atoms with E-state index in [1.807, 2.05) is 65.3 Å². The molecule has 0 spiro atoms. The molecule has 6 nitrogen and oxygen atoms in total. The molecule has 1 amide bonds. The van der Waals surface area contributed by atoms with Crippen LogP contribution in [-0.2, 0) is 17.6 Å². The van der Waals surface area contributed by atoms with Crippen molar-refractivity contribution in [2.75, 3.05) is 6.54 Å². The second kappa shape index (κ2) is 7.86. The standard InChI is InChI=1S/C21H20N4O2/c26-20(22-12-11-17-15-25-13-5-4-8-19(25)24-17)9-10-21-23-14-18(27-21)16-6-2-1-3-7-16/h1-8,13-15H,9-12H2,(H,22,26). The number of nitrogens with one attached hydrogen (secondary N) is 1. The van der Waals surface area contributed by atoms with E-state index < -0.39 is 0 Å². The molecular weight excluding hydrogens is 340 g/mol. The van der Waals surface area contributed by atoms with E-state index in [0.717, 1.165) is 22.7 Å². The topological polar surface area (TPSA) is 72.4 Å². The number of rotatable bonds is 7. The zero-order chi connectivity index (χ0) is 18.5. The predicted octanol–water partition coefficient (Wildman–Crippen LogP) is 3.28. The van der Waals surface area contributed by atoms with E-state index in [1.165, 1.54) is 0 Å². The van der Waals surface area contributed by atoms with Crippen LogP contribution in [0, 0.1) is 0 Å². The van der Waals surface area contributed by atoms with Gasteiger partial charge < -0.3 is 14.1 Å². The number of aryl methyl sites for hydroxylation is 1. The van der Waals surface area contributed by atoms with Crippen molar-refractivity contribution >= 4 is 11.6 Å². The number of fused-ring (bicyclic) bond motifs is 1. The average molecular weight is 360 g/mol. The fraction of sp³-hybridized carbons (Fsp3) is 0.190. The molecule has 136 valence electrons. The zero-order valence-electron chi connectivity index (χ0n) is 14.8. The van der Waals surface area contributed by atoms with Gasteiger partial charge in [-0.1, -0.05) is 36.4 Å². The minimum atomic E-state index is -0.0155. The van der Waals surface area contributed by atoms with Gasteiger partial charge >= 0.3 is 0 Å². The van der Waals surface area contributed by atoms with Gasteiger partial charge in [0.1, 0.15) is 5.65 Å². The van der Waals surface area contributed by atoms with Crippen LogP contribution in [0.15, 0.2) is 71.5 Å². The highest BCUT2D eigenvalue weighted by Crippen LogP contribution is 2.20. The van der Waals surface area contributed by atoms with E-state index in [1.54, 1.807) is 6.20 Å². The lowest BCUT2D eigenvalue weighted by Crippen LogP contribution is -2.26. The zero-order valence-corrected chi connectivity index (χ0v) is 14.8. The van der Waals surface area contributed by atoms with Crippen LogP contribution in [0.3, 0.4) is 0 Å². The summed E-state index contributed by atoms with van der Waals surface area (Å²) in [4.78, 5) is 20.8. The summed E-state index contributed by atoms with van der Waals surface area (Å²) >= 11 is 0. The lowest BCUT2D eigenvalue weighted by Gasteiger charge is -2.02. The van der Waals surface area contributed by atoms with Gasteiger partial charge in [0.05, 0.1) is 11.9 Å². The van der Waals surface area contributed by atoms with Crippen LogP contribution in [0.1, 0.15) is 18.0 Å². The fourth-order valence-corrected chi connectivity index (χ4v) is 2.91. The number of amides is 1. The Labute approximate surface area is 156 Å². The first kappa shape index (κ1) is 17.0. The Morgan fingerprint density at radius 1 is 1.07 bits per heavy atom. The summed E-state index contributed by atoms with van der Waals surface area (Å²) in [6.07, 6.45) is 7.17. The van der Waals surface area contributed by atoms with Crippen molar-refractivity contribution in [3.8, 4) is 11.3 Å². The van der Waals surface area contributed by atoms with Crippen LogP contribution in [0.2, 0.25) is 0 Å². The van der Waals surface area contributed by atoms with Crippen LogP contribution in [0.5, 0.6) is 0 Å². The molecule has 0 aliphatic carbocycles. The van der Waals surface area contributed by atoms with Crippen molar-refractivity contribution in [1.29, 1.82) is 0 Å². The minimum Gasteiger partial charge on any atom is -0.441 e. The van der Waals surface area contributed by atoms with E-state index in [-0.39, 0.29) is 5.91 Å². The van der Waals surface area contributed by atoms with E-state index in [4.69, 9.17) is 4.42 Å². The molecule has 6 heteroatoms. The van der Waals surface area contributed by atoms with Gasteiger partial charge in [-0.2, -0.15) is 0 Å². The number of hydrogen-bond donors (Lipinski definition) is 1. The third-order valence-electron chi connectivity index (χ3n) is 4.29. The van der Waals surface area contributed by atoms with Gasteiger partial charge in [0.15, 0.2) is 11.7 Å². The molecule has 0 bridgehead atoms. The maximum atomic E-state index is 12.0. The summed E-state index contributed by atoms with van der Waals surface area (Å²) < 4.78 is 7.70. The maximum Gasteiger partial charge on any atom is 0.220 e. The third kappa shape index (κ3) is 4.23. The molecule has 0 fully saturated rings. The molecule has 4 aromatic rings. The van der Waals surface area contributed by atoms with Crippen LogP contribution in [0.4, 0.5) is 0 Å². The first-order valence-corrected chi connectivity index (χ1v) is 8.97. The quantitative estimate of drug-likeness (QED) is 0.549. The van der Waals surface area contributed by atoms with Crippen molar-refractivity contribution in [2.45, 2.75) is 19.3 Å². The largest absolute Gasteiger partial charge is 0.441 e. The number of carbonyl (C=O) groups excluding carboxylic acids is 1. The molecule has 0 aliphatic heterocycles. The summed E-state index contributed by atoms with van der Waals surface area (Å²) in [7, 11) is 0. The number of pyridine rings is 1. The summed E-state index contributed by atoms with van der Waals surface area (Å²) in [5.74, 6) is 1.28. The molecule has 3 aromatic heterocycles. The molecule has 1 N–H and O–H groups in total. The highest BCUT2D eigenvalue weighted by molar-refractivity contribution is 5.76. The second-order valence-corrected chi connectivity index (χ2v) is 6.28. The monoisotopic (exact) mass is 360 g/mol. The van der Waals surface area contributed by atoms with Crippen molar-refractivity contribution in [3.05, 3.63) is 78.7 Å². The van der Waals surface area contributed by atoms with E-state index in [2.05, 4.69) is 15.3 Å². The number of nitrogens with zero attached hydrogens (tertiary/aromatic N) is 3. The van der Waals surface area contributed by atoms with Crippen molar-refractivity contribution in [2.24, 2.45) is 0 Å². The van der Waals surface area contributed by atoms with Crippen LogP contribution >= 0.6 is 0 Å². The van der Waals surface area contributed by atoms with Gasteiger partial charge in [0, 0.05) is 43.8 Å². The lowest BCUT2D eigenvalue weighted by molar-refractivity contribution is -0.121. The molecule has 27 heavy (non-hydrogen) atoms. The Balaban J connectivity index is 1.23. The number of hydrogen-bond acceptors (Lipinski definition) is 4. The average Bonchev–Trinajstić information content (AvgIpc) is 3.34. The summed E-state index contributed by atoms with van der Waals surface area (Å²) in [6.45, 7) is 0.559. The SMILES string of the molecule is O=C(CCc1ncc(-c2ccccc2)o1)NCCc1cn2ccccc2n1. The highest BCUT2D eigenvalue weighted by Gasteiger charge is 2.09. The smallest absolute Gasteiger partial charge is 0.220 e. The lowest BCUT2D eigenvalue weighted by atomic mass is 10.2. The van der Waals surface area contributed by atoms with Crippen molar-refractivity contribution < 1.29 is 9.21 Å². The van der Waals surface area contributed by atoms with Crippen molar-refractivity contribution in [1.82, 2.24) is 19.7 Å². The summed E-state index contributed by atoms with van der Waals surface area (Å²) in [5.41, 5.74) is 2.85. The van der Waals surface area contributed by atoms with Gasteiger partial charge in [-0.25, -0.2) is 9.97 Å². The summed E-state index contributed by atoms with van der Waals surface area (Å²) in [5, 5.41) is 2.93. The highest BCUT2D eigenvalue weighted by atomic mass is 16.4. The molecule has 0 atom stereocenters. The van der Waals surface area contributed by atoms with E-state index >= 15 is 0 Å². The van der Waals surface area contributed by atoms with Crippen LogP contribution < -0.4 is 5.32 Å². The predicted molar refractivity (Wildman–Crippen MR) is 102 cm³/mol. The van der Waals surface area contributed by atoms with Crippen LogP contribution in [0.25, 0.3) is 17.0 Å². The number of benzene rings is 1. The van der Waals surface area contributed by atoms with Gasteiger partial charge in [0.2, 0.25) is 5.91 Å².